The van der Waals surface area contributed by atoms with Gasteiger partial charge < -0.3 is 10.6 Å². The van der Waals surface area contributed by atoms with Crippen LogP contribution in [-0.4, -0.2) is 42.6 Å². The molecule has 0 atom stereocenters. The van der Waals surface area contributed by atoms with Gasteiger partial charge in [-0.25, -0.2) is 4.79 Å². The molecule has 90 valence electrons. The molecule has 0 aromatic rings. The third-order valence-corrected chi connectivity index (χ3v) is 3.79. The van der Waals surface area contributed by atoms with Gasteiger partial charge in [0.05, 0.1) is 5.75 Å². The van der Waals surface area contributed by atoms with Gasteiger partial charge >= 0.3 is 6.03 Å². The van der Waals surface area contributed by atoms with Crippen molar-refractivity contribution in [3.63, 3.8) is 0 Å². The van der Waals surface area contributed by atoms with Crippen molar-refractivity contribution < 1.29 is 9.59 Å². The van der Waals surface area contributed by atoms with Gasteiger partial charge in [-0.1, -0.05) is 0 Å². The van der Waals surface area contributed by atoms with Gasteiger partial charge in [0.15, 0.2) is 0 Å². The van der Waals surface area contributed by atoms with Crippen molar-refractivity contribution in [1.29, 1.82) is 0 Å². The number of nitrogens with one attached hydrogen (secondary N) is 3. The number of urea groups is 1. The average molecular weight is 243 g/mol. The van der Waals surface area contributed by atoms with Gasteiger partial charge in [-0.3, -0.25) is 10.1 Å². The molecule has 0 spiro atoms. The summed E-state index contributed by atoms with van der Waals surface area (Å²) < 4.78 is 0. The van der Waals surface area contributed by atoms with Crippen molar-refractivity contribution in [3.8, 4) is 0 Å². The summed E-state index contributed by atoms with van der Waals surface area (Å²) in [5.41, 5.74) is 0. The minimum atomic E-state index is -0.349. The number of amides is 3. The van der Waals surface area contributed by atoms with E-state index in [9.17, 15) is 9.59 Å². The van der Waals surface area contributed by atoms with Gasteiger partial charge in [0.2, 0.25) is 5.91 Å². The third kappa shape index (κ3) is 4.02. The van der Waals surface area contributed by atoms with Gasteiger partial charge in [0.25, 0.3) is 0 Å². The molecule has 2 rings (SSSR count). The molecule has 1 aliphatic carbocycles. The third-order valence-electron chi connectivity index (χ3n) is 2.62. The molecule has 1 heterocycles. The number of carbonyl (C=O) groups excluding carboxylic acids is 2. The van der Waals surface area contributed by atoms with Crippen LogP contribution in [0.5, 0.6) is 0 Å². The van der Waals surface area contributed by atoms with Crippen molar-refractivity contribution >= 4 is 23.7 Å². The highest BCUT2D eigenvalue weighted by atomic mass is 32.2. The summed E-state index contributed by atoms with van der Waals surface area (Å²) in [6.07, 6.45) is 2.07. The highest BCUT2D eigenvalue weighted by Crippen LogP contribution is 2.18. The maximum absolute atomic E-state index is 11.3. The van der Waals surface area contributed by atoms with Gasteiger partial charge in [-0.05, 0) is 37.6 Å². The van der Waals surface area contributed by atoms with Crippen LogP contribution in [0.4, 0.5) is 4.79 Å². The zero-order valence-electron chi connectivity index (χ0n) is 9.12. The van der Waals surface area contributed by atoms with Crippen LogP contribution in [0.2, 0.25) is 0 Å². The van der Waals surface area contributed by atoms with Gasteiger partial charge in [0, 0.05) is 6.04 Å². The largest absolute Gasteiger partial charge is 0.335 e. The Bertz CT molecular complexity index is 277. The summed E-state index contributed by atoms with van der Waals surface area (Å²) in [7, 11) is 0. The minimum absolute atomic E-state index is 0.199. The molecule has 1 saturated carbocycles. The molecule has 3 N–H and O–H groups in total. The second-order valence-corrected chi connectivity index (χ2v) is 5.37. The topological polar surface area (TPSA) is 70.2 Å². The van der Waals surface area contributed by atoms with E-state index in [0.717, 1.165) is 31.7 Å². The van der Waals surface area contributed by atoms with E-state index in [1.165, 1.54) is 0 Å². The first-order chi connectivity index (χ1) is 7.74. The standard InChI is InChI=1S/C10H17N3O2S/c14-9(6-16-5-7-3-11-4-7)13-10(15)12-8-1-2-8/h7-8,11H,1-6H2,(H2,12,13,14,15). The molecular formula is C10H17N3O2S. The Hall–Kier alpha value is -0.750. The summed E-state index contributed by atoms with van der Waals surface area (Å²) in [5.74, 6) is 1.85. The Morgan fingerprint density at radius 2 is 2.06 bits per heavy atom. The summed E-state index contributed by atoms with van der Waals surface area (Å²) in [5, 5.41) is 8.23. The fourth-order valence-electron chi connectivity index (χ4n) is 1.40. The smallest absolute Gasteiger partial charge is 0.321 e. The highest BCUT2D eigenvalue weighted by Gasteiger charge is 2.24. The maximum Gasteiger partial charge on any atom is 0.321 e. The van der Waals surface area contributed by atoms with Crippen LogP contribution >= 0.6 is 11.8 Å². The molecule has 16 heavy (non-hydrogen) atoms. The molecule has 0 radical (unpaired) electrons. The van der Waals surface area contributed by atoms with E-state index < -0.39 is 0 Å². The lowest BCUT2D eigenvalue weighted by Crippen LogP contribution is -2.44. The lowest BCUT2D eigenvalue weighted by atomic mass is 10.1. The first-order valence-electron chi connectivity index (χ1n) is 5.63. The number of carbonyl (C=O) groups is 2. The van der Waals surface area contributed by atoms with Gasteiger partial charge in [0.1, 0.15) is 0 Å². The number of thioether (sulfide) groups is 1. The molecule has 5 nitrogen and oxygen atoms in total. The first-order valence-corrected chi connectivity index (χ1v) is 6.78. The fraction of sp³-hybridized carbons (Fsp3) is 0.800. The average Bonchev–Trinajstić information content (AvgIpc) is 2.92. The molecule has 3 amide bonds. The molecule has 0 unspecified atom stereocenters. The maximum atomic E-state index is 11.3. The SMILES string of the molecule is O=C(CSCC1CNC1)NC(=O)NC1CC1. The van der Waals surface area contributed by atoms with Crippen molar-refractivity contribution in [2.24, 2.45) is 5.92 Å². The Kier molecular flexibility index (Phi) is 4.06. The van der Waals surface area contributed by atoms with Crippen molar-refractivity contribution in [3.05, 3.63) is 0 Å². The Labute approximate surface area is 99.1 Å². The normalized spacial score (nSPS) is 20.0. The molecule has 0 aromatic carbocycles. The minimum Gasteiger partial charge on any atom is -0.335 e. The molecule has 2 aliphatic rings. The molecule has 2 fully saturated rings. The van der Waals surface area contributed by atoms with Crippen LogP contribution in [0, 0.1) is 5.92 Å². The number of imide groups is 1. The van der Waals surface area contributed by atoms with E-state index in [2.05, 4.69) is 16.0 Å². The van der Waals surface area contributed by atoms with E-state index in [4.69, 9.17) is 0 Å². The Morgan fingerprint density at radius 3 is 2.62 bits per heavy atom. The number of rotatable bonds is 5. The van der Waals surface area contributed by atoms with Crippen molar-refractivity contribution in [2.75, 3.05) is 24.6 Å². The molecule has 0 bridgehead atoms. The van der Waals surface area contributed by atoms with E-state index in [-0.39, 0.29) is 11.9 Å². The van der Waals surface area contributed by atoms with E-state index >= 15 is 0 Å². The summed E-state index contributed by atoms with van der Waals surface area (Å²) in [4.78, 5) is 22.5. The van der Waals surface area contributed by atoms with Crippen LogP contribution < -0.4 is 16.0 Å². The Morgan fingerprint density at radius 1 is 1.31 bits per heavy atom. The fourth-order valence-corrected chi connectivity index (χ4v) is 2.34. The molecule has 6 heteroatoms. The van der Waals surface area contributed by atoms with Crippen LogP contribution in [0.1, 0.15) is 12.8 Å². The molecular weight excluding hydrogens is 226 g/mol. The Balaban J connectivity index is 1.50. The van der Waals surface area contributed by atoms with Crippen LogP contribution in [0.3, 0.4) is 0 Å². The molecule has 0 aromatic heterocycles. The zero-order valence-corrected chi connectivity index (χ0v) is 9.94. The van der Waals surface area contributed by atoms with Crippen LogP contribution in [0.15, 0.2) is 0 Å². The zero-order chi connectivity index (χ0) is 11.4. The second kappa shape index (κ2) is 5.54. The number of hydrogen-bond acceptors (Lipinski definition) is 4. The highest BCUT2D eigenvalue weighted by molar-refractivity contribution is 7.99. The first kappa shape index (κ1) is 11.7. The van der Waals surface area contributed by atoms with Crippen LogP contribution in [-0.2, 0) is 4.79 Å². The number of hydrogen-bond donors (Lipinski definition) is 3. The van der Waals surface area contributed by atoms with E-state index in [0.29, 0.717) is 17.7 Å². The summed E-state index contributed by atoms with van der Waals surface area (Å²) >= 11 is 1.59. The quantitative estimate of drug-likeness (QED) is 0.632. The lowest BCUT2D eigenvalue weighted by Gasteiger charge is -2.26. The van der Waals surface area contributed by atoms with E-state index in [1.807, 2.05) is 0 Å². The predicted octanol–water partition coefficient (Wildman–Crippen LogP) is -0.0728. The van der Waals surface area contributed by atoms with E-state index in [1.54, 1.807) is 11.8 Å². The van der Waals surface area contributed by atoms with Gasteiger partial charge in [-0.2, -0.15) is 11.8 Å². The monoisotopic (exact) mass is 243 g/mol. The summed E-state index contributed by atoms with van der Waals surface area (Å²) in [6, 6.07) is -0.0556. The molecule has 1 saturated heterocycles. The second-order valence-electron chi connectivity index (χ2n) is 4.34. The predicted molar refractivity (Wildman–Crippen MR) is 63.4 cm³/mol. The molecule has 1 aliphatic heterocycles. The summed E-state index contributed by atoms with van der Waals surface area (Å²) in [6.45, 7) is 2.10. The van der Waals surface area contributed by atoms with Crippen molar-refractivity contribution in [1.82, 2.24) is 16.0 Å². The van der Waals surface area contributed by atoms with Gasteiger partial charge in [-0.15, -0.1) is 0 Å². The van der Waals surface area contributed by atoms with Crippen molar-refractivity contribution in [2.45, 2.75) is 18.9 Å². The lowest BCUT2D eigenvalue weighted by molar-refractivity contribution is -0.117. The van der Waals surface area contributed by atoms with Crippen LogP contribution in [0.25, 0.3) is 0 Å².